The van der Waals surface area contributed by atoms with Crippen molar-refractivity contribution >= 4 is 5.91 Å². The van der Waals surface area contributed by atoms with Gasteiger partial charge in [-0.2, -0.15) is 0 Å². The summed E-state index contributed by atoms with van der Waals surface area (Å²) in [6.45, 7) is 16.9. The van der Waals surface area contributed by atoms with E-state index in [9.17, 15) is 4.79 Å². The summed E-state index contributed by atoms with van der Waals surface area (Å²) in [5, 5.41) is 3.14. The van der Waals surface area contributed by atoms with Crippen molar-refractivity contribution in [1.29, 1.82) is 0 Å². The lowest BCUT2D eigenvalue weighted by molar-refractivity contribution is -0.127. The molecule has 2 nitrogen and oxygen atoms in total. The zero-order valence-electron chi connectivity index (χ0n) is 11.6. The first kappa shape index (κ1) is 14.5. The summed E-state index contributed by atoms with van der Waals surface area (Å²) < 4.78 is 0. The van der Waals surface area contributed by atoms with Gasteiger partial charge in [0.05, 0.1) is 0 Å². The first-order valence-electron chi connectivity index (χ1n) is 5.84. The molecule has 0 aromatic rings. The van der Waals surface area contributed by atoms with Crippen LogP contribution in [0.2, 0.25) is 0 Å². The fourth-order valence-corrected chi connectivity index (χ4v) is 1.34. The zero-order valence-corrected chi connectivity index (χ0v) is 11.6. The number of rotatable bonds is 4. The van der Waals surface area contributed by atoms with Gasteiger partial charge in [-0.05, 0) is 25.2 Å². The zero-order chi connectivity index (χ0) is 12.4. The quantitative estimate of drug-likeness (QED) is 0.763. The van der Waals surface area contributed by atoms with Crippen LogP contribution in [0.1, 0.15) is 55.4 Å². The molecule has 0 saturated carbocycles. The lowest BCUT2D eigenvalue weighted by Crippen LogP contribution is -2.56. The van der Waals surface area contributed by atoms with Crippen LogP contribution >= 0.6 is 0 Å². The smallest absolute Gasteiger partial charge is 0.222 e. The fourth-order valence-electron chi connectivity index (χ4n) is 1.34. The summed E-state index contributed by atoms with van der Waals surface area (Å²) in [5.41, 5.74) is -0.0972. The molecule has 0 radical (unpaired) electrons. The Morgan fingerprint density at radius 1 is 1.00 bits per heavy atom. The van der Waals surface area contributed by atoms with E-state index >= 15 is 0 Å². The van der Waals surface area contributed by atoms with Crippen LogP contribution in [0, 0.1) is 17.3 Å². The van der Waals surface area contributed by atoms with Gasteiger partial charge in [0.15, 0.2) is 0 Å². The molecule has 0 aliphatic rings. The Balaban J connectivity index is 4.76. The Labute approximate surface area is 94.8 Å². The fraction of sp³-hybridized carbons (Fsp3) is 0.923. The number of hydrogen-bond acceptors (Lipinski definition) is 1. The minimum atomic E-state index is -0.178. The number of nitrogens with one attached hydrogen (secondary N) is 1. The van der Waals surface area contributed by atoms with Crippen LogP contribution in [-0.2, 0) is 4.79 Å². The lowest BCUT2D eigenvalue weighted by atomic mass is 9.67. The van der Waals surface area contributed by atoms with Gasteiger partial charge < -0.3 is 5.32 Å². The molecular weight excluding hydrogens is 186 g/mol. The van der Waals surface area contributed by atoms with Crippen LogP contribution in [-0.4, -0.2) is 11.4 Å². The second kappa shape index (κ2) is 4.54. The largest absolute Gasteiger partial charge is 0.350 e. The summed E-state index contributed by atoms with van der Waals surface area (Å²) >= 11 is 0. The van der Waals surface area contributed by atoms with Crippen molar-refractivity contribution in [2.45, 2.75) is 60.9 Å². The monoisotopic (exact) mass is 213 g/mol. The predicted octanol–water partition coefficient (Wildman–Crippen LogP) is 3.22. The van der Waals surface area contributed by atoms with Crippen molar-refractivity contribution < 1.29 is 4.79 Å². The molecule has 15 heavy (non-hydrogen) atoms. The van der Waals surface area contributed by atoms with Crippen molar-refractivity contribution in [3.63, 3.8) is 0 Å². The molecule has 0 fully saturated rings. The molecule has 0 saturated heterocycles. The van der Waals surface area contributed by atoms with Crippen LogP contribution < -0.4 is 5.32 Å². The molecule has 0 rings (SSSR count). The Morgan fingerprint density at radius 2 is 1.40 bits per heavy atom. The van der Waals surface area contributed by atoms with E-state index in [1.54, 1.807) is 0 Å². The van der Waals surface area contributed by atoms with Gasteiger partial charge in [-0.25, -0.2) is 0 Å². The molecule has 1 N–H and O–H groups in total. The van der Waals surface area contributed by atoms with E-state index in [2.05, 4.69) is 46.9 Å². The van der Waals surface area contributed by atoms with Gasteiger partial charge in [0, 0.05) is 11.5 Å². The van der Waals surface area contributed by atoms with E-state index < -0.39 is 0 Å². The average molecular weight is 213 g/mol. The molecule has 0 unspecified atom stereocenters. The number of carbonyl (C=O) groups is 1. The molecule has 0 aromatic carbocycles. The van der Waals surface area contributed by atoms with Gasteiger partial charge in [0.25, 0.3) is 0 Å². The van der Waals surface area contributed by atoms with Crippen molar-refractivity contribution in [3.05, 3.63) is 0 Å². The van der Waals surface area contributed by atoms with E-state index in [1.165, 1.54) is 0 Å². The Hall–Kier alpha value is -0.530. The number of amides is 1. The first-order chi connectivity index (χ1) is 6.52. The standard InChI is InChI=1S/C13H27NO/c1-9(2)11(15)14-13(7,8)12(5,6)10(3)4/h9-10H,1-8H3,(H,14,15). The van der Waals surface area contributed by atoms with Crippen LogP contribution in [0.5, 0.6) is 0 Å². The maximum atomic E-state index is 11.7. The van der Waals surface area contributed by atoms with Crippen LogP contribution in [0.15, 0.2) is 0 Å². The van der Waals surface area contributed by atoms with Crippen LogP contribution in [0.4, 0.5) is 0 Å². The molecule has 1 amide bonds. The molecular formula is C13H27NO. The van der Waals surface area contributed by atoms with E-state index in [0.29, 0.717) is 5.92 Å². The summed E-state index contributed by atoms with van der Waals surface area (Å²) in [6.07, 6.45) is 0. The molecule has 0 heterocycles. The van der Waals surface area contributed by atoms with E-state index in [4.69, 9.17) is 0 Å². The lowest BCUT2D eigenvalue weighted by Gasteiger charge is -2.45. The molecule has 0 spiro atoms. The van der Waals surface area contributed by atoms with Gasteiger partial charge in [0.1, 0.15) is 0 Å². The second-order valence-corrected chi connectivity index (χ2v) is 6.15. The van der Waals surface area contributed by atoms with Gasteiger partial charge in [0.2, 0.25) is 5.91 Å². The van der Waals surface area contributed by atoms with Crippen LogP contribution in [0.3, 0.4) is 0 Å². The first-order valence-corrected chi connectivity index (χ1v) is 5.84. The second-order valence-electron chi connectivity index (χ2n) is 6.15. The molecule has 0 aliphatic carbocycles. The normalized spacial score (nSPS) is 13.5. The van der Waals surface area contributed by atoms with Crippen molar-refractivity contribution in [3.8, 4) is 0 Å². The molecule has 2 heteroatoms. The van der Waals surface area contributed by atoms with E-state index in [0.717, 1.165) is 0 Å². The highest BCUT2D eigenvalue weighted by Gasteiger charge is 2.40. The molecule has 0 aliphatic heterocycles. The van der Waals surface area contributed by atoms with Crippen molar-refractivity contribution in [1.82, 2.24) is 5.32 Å². The highest BCUT2D eigenvalue weighted by atomic mass is 16.2. The summed E-state index contributed by atoms with van der Waals surface area (Å²) in [4.78, 5) is 11.7. The van der Waals surface area contributed by atoms with Gasteiger partial charge >= 0.3 is 0 Å². The minimum Gasteiger partial charge on any atom is -0.350 e. The van der Waals surface area contributed by atoms with Crippen molar-refractivity contribution in [2.24, 2.45) is 17.3 Å². The third-order valence-electron chi connectivity index (χ3n) is 4.01. The highest BCUT2D eigenvalue weighted by Crippen LogP contribution is 2.37. The van der Waals surface area contributed by atoms with Crippen molar-refractivity contribution in [2.75, 3.05) is 0 Å². The van der Waals surface area contributed by atoms with Gasteiger partial charge in [-0.3, -0.25) is 4.79 Å². The molecule has 90 valence electrons. The summed E-state index contributed by atoms with van der Waals surface area (Å²) in [7, 11) is 0. The summed E-state index contributed by atoms with van der Waals surface area (Å²) in [6, 6.07) is 0. The molecule has 0 atom stereocenters. The third kappa shape index (κ3) is 3.22. The maximum Gasteiger partial charge on any atom is 0.222 e. The SMILES string of the molecule is CC(C)C(=O)NC(C)(C)C(C)(C)C(C)C. The Bertz CT molecular complexity index is 227. The maximum absolute atomic E-state index is 11.7. The third-order valence-corrected chi connectivity index (χ3v) is 4.01. The Morgan fingerprint density at radius 3 is 1.67 bits per heavy atom. The van der Waals surface area contributed by atoms with E-state index in [1.807, 2.05) is 13.8 Å². The molecule has 0 aromatic heterocycles. The molecule has 0 bridgehead atoms. The van der Waals surface area contributed by atoms with Gasteiger partial charge in [-0.1, -0.05) is 41.5 Å². The topological polar surface area (TPSA) is 29.1 Å². The van der Waals surface area contributed by atoms with E-state index in [-0.39, 0.29) is 22.8 Å². The highest BCUT2D eigenvalue weighted by molar-refractivity contribution is 5.78. The Kier molecular flexibility index (Phi) is 4.38. The number of carbonyl (C=O) groups excluding carboxylic acids is 1. The minimum absolute atomic E-state index is 0.0484. The average Bonchev–Trinajstić information content (AvgIpc) is 2.02. The number of hydrogen-bond donors (Lipinski definition) is 1. The summed E-state index contributed by atoms with van der Waals surface area (Å²) in [5.74, 6) is 0.709. The van der Waals surface area contributed by atoms with Gasteiger partial charge in [-0.15, -0.1) is 0 Å². The predicted molar refractivity (Wildman–Crippen MR) is 65.7 cm³/mol. The van der Waals surface area contributed by atoms with Crippen LogP contribution in [0.25, 0.3) is 0 Å².